The molecule has 5 nitrogen and oxygen atoms in total. The van der Waals surface area contributed by atoms with Crippen molar-refractivity contribution in [2.75, 3.05) is 5.73 Å². The van der Waals surface area contributed by atoms with E-state index in [9.17, 15) is 5.11 Å². The summed E-state index contributed by atoms with van der Waals surface area (Å²) in [4.78, 5) is 8.05. The van der Waals surface area contributed by atoms with Crippen LogP contribution < -0.4 is 5.73 Å². The number of aliphatic hydroxyl groups is 1. The fourth-order valence-electron chi connectivity index (χ4n) is 2.03. The topological polar surface area (TPSA) is 77.0 Å². The van der Waals surface area contributed by atoms with Crippen molar-refractivity contribution in [2.45, 2.75) is 25.0 Å². The first-order chi connectivity index (χ1) is 8.66. The maximum absolute atomic E-state index is 10.4. The van der Waals surface area contributed by atoms with Crippen LogP contribution in [0.1, 0.15) is 36.2 Å². The molecule has 0 saturated heterocycles. The second-order valence-electron chi connectivity index (χ2n) is 4.49. The maximum Gasteiger partial charge on any atom is 0.129 e. The van der Waals surface area contributed by atoms with Gasteiger partial charge in [-0.1, -0.05) is 11.6 Å². The third-order valence-electron chi connectivity index (χ3n) is 3.13. The summed E-state index contributed by atoms with van der Waals surface area (Å²) in [5.74, 6) is 0.287. The number of rotatable bonds is 3. The van der Waals surface area contributed by atoms with Gasteiger partial charge in [-0.3, -0.25) is 0 Å². The van der Waals surface area contributed by atoms with Crippen LogP contribution >= 0.6 is 11.6 Å². The van der Waals surface area contributed by atoms with E-state index in [1.807, 2.05) is 4.57 Å². The van der Waals surface area contributed by atoms with Crippen molar-refractivity contribution in [1.82, 2.24) is 14.5 Å². The first-order valence-corrected chi connectivity index (χ1v) is 6.15. The minimum atomic E-state index is -0.848. The Bertz CT molecular complexity index is 579. The predicted octanol–water partition coefficient (Wildman–Crippen LogP) is 1.93. The Morgan fingerprint density at radius 1 is 1.44 bits per heavy atom. The molecular weight excluding hydrogens is 252 g/mol. The lowest BCUT2D eigenvalue weighted by Gasteiger charge is -2.15. The molecular formula is C12H13ClN4O. The van der Waals surface area contributed by atoms with Crippen molar-refractivity contribution in [3.63, 3.8) is 0 Å². The molecule has 1 aliphatic carbocycles. The predicted molar refractivity (Wildman–Crippen MR) is 68.2 cm³/mol. The normalized spacial score (nSPS) is 16.8. The van der Waals surface area contributed by atoms with E-state index < -0.39 is 6.10 Å². The average molecular weight is 265 g/mol. The third-order valence-corrected chi connectivity index (χ3v) is 3.33. The van der Waals surface area contributed by atoms with Crippen LogP contribution in [0.25, 0.3) is 0 Å². The summed E-state index contributed by atoms with van der Waals surface area (Å²) in [5, 5.41) is 10.9. The second-order valence-corrected chi connectivity index (χ2v) is 4.92. The fraction of sp³-hybridized carbons (Fsp3) is 0.333. The Labute approximate surface area is 109 Å². The van der Waals surface area contributed by atoms with E-state index in [-0.39, 0.29) is 5.82 Å². The Kier molecular flexibility index (Phi) is 2.72. The van der Waals surface area contributed by atoms with Crippen molar-refractivity contribution in [2.24, 2.45) is 0 Å². The molecule has 1 aliphatic rings. The van der Waals surface area contributed by atoms with E-state index in [1.165, 1.54) is 6.20 Å². The number of nitrogens with two attached hydrogens (primary N) is 1. The largest absolute Gasteiger partial charge is 0.383 e. The molecule has 3 N–H and O–H groups in total. The number of hydrogen-bond acceptors (Lipinski definition) is 4. The number of nitrogen functional groups attached to an aromatic ring is 1. The molecule has 0 aromatic carbocycles. The summed E-state index contributed by atoms with van der Waals surface area (Å²) in [6, 6.07) is 2.09. The van der Waals surface area contributed by atoms with Crippen LogP contribution in [-0.4, -0.2) is 19.6 Å². The van der Waals surface area contributed by atoms with Gasteiger partial charge in [-0.2, -0.15) is 0 Å². The van der Waals surface area contributed by atoms with Crippen LogP contribution in [0.3, 0.4) is 0 Å². The summed E-state index contributed by atoms with van der Waals surface area (Å²) < 4.78 is 1.99. The lowest BCUT2D eigenvalue weighted by Crippen LogP contribution is -2.10. The molecule has 6 heteroatoms. The highest BCUT2D eigenvalue weighted by molar-refractivity contribution is 6.30. The maximum atomic E-state index is 10.4. The van der Waals surface area contributed by atoms with Gasteiger partial charge >= 0.3 is 0 Å². The van der Waals surface area contributed by atoms with Crippen molar-refractivity contribution in [3.8, 4) is 0 Å². The number of anilines is 1. The van der Waals surface area contributed by atoms with Crippen molar-refractivity contribution >= 4 is 17.4 Å². The Balaban J connectivity index is 2.00. The SMILES string of the molecule is Nc1ncc(Cl)cc1C(O)c1cncn1C1CC1. The standard InChI is InChI=1S/C12H13ClN4O/c13-7-3-9(12(14)16-4-7)11(18)10-5-15-6-17(10)8-1-2-8/h3-6,8,11,18H,1-2H2,(H2,14,16). The molecule has 1 atom stereocenters. The molecule has 3 rings (SSSR count). The lowest BCUT2D eigenvalue weighted by atomic mass is 10.1. The number of aromatic nitrogens is 3. The molecule has 1 saturated carbocycles. The molecule has 0 amide bonds. The van der Waals surface area contributed by atoms with Crippen LogP contribution in [-0.2, 0) is 0 Å². The molecule has 1 fully saturated rings. The number of aliphatic hydroxyl groups excluding tert-OH is 1. The summed E-state index contributed by atoms with van der Waals surface area (Å²) in [6.45, 7) is 0. The van der Waals surface area contributed by atoms with Gasteiger partial charge in [0.2, 0.25) is 0 Å². The van der Waals surface area contributed by atoms with E-state index in [0.717, 1.165) is 18.5 Å². The van der Waals surface area contributed by atoms with Crippen LogP contribution in [0.5, 0.6) is 0 Å². The quantitative estimate of drug-likeness (QED) is 0.888. The van der Waals surface area contributed by atoms with Gasteiger partial charge in [0.1, 0.15) is 11.9 Å². The minimum Gasteiger partial charge on any atom is -0.383 e. The van der Waals surface area contributed by atoms with Crippen molar-refractivity contribution < 1.29 is 5.11 Å². The molecule has 0 spiro atoms. The highest BCUT2D eigenvalue weighted by Gasteiger charge is 2.28. The molecule has 2 aromatic rings. The molecule has 0 bridgehead atoms. The summed E-state index contributed by atoms with van der Waals surface area (Å²) in [7, 11) is 0. The lowest BCUT2D eigenvalue weighted by molar-refractivity contribution is 0.210. The average Bonchev–Trinajstić information content (AvgIpc) is 3.09. The highest BCUT2D eigenvalue weighted by atomic mass is 35.5. The van der Waals surface area contributed by atoms with E-state index in [2.05, 4.69) is 9.97 Å². The Hall–Kier alpha value is -1.59. The summed E-state index contributed by atoms with van der Waals surface area (Å²) in [5.41, 5.74) is 7.03. The van der Waals surface area contributed by atoms with Gasteiger partial charge in [-0.05, 0) is 18.9 Å². The zero-order valence-corrected chi connectivity index (χ0v) is 10.4. The van der Waals surface area contributed by atoms with Crippen molar-refractivity contribution in [3.05, 3.63) is 41.1 Å². The van der Waals surface area contributed by atoms with Crippen molar-refractivity contribution in [1.29, 1.82) is 0 Å². The van der Waals surface area contributed by atoms with E-state index >= 15 is 0 Å². The molecule has 94 valence electrons. The highest BCUT2D eigenvalue weighted by Crippen LogP contribution is 2.38. The zero-order chi connectivity index (χ0) is 12.7. The van der Waals surface area contributed by atoms with Crippen LogP contribution in [0.15, 0.2) is 24.8 Å². The van der Waals surface area contributed by atoms with Gasteiger partial charge in [-0.15, -0.1) is 0 Å². The summed E-state index contributed by atoms with van der Waals surface area (Å²) in [6.07, 6.45) is 6.26. The van der Waals surface area contributed by atoms with Crippen LogP contribution in [0, 0.1) is 0 Å². The second kappa shape index (κ2) is 4.26. The molecule has 18 heavy (non-hydrogen) atoms. The molecule has 1 unspecified atom stereocenters. The van der Waals surface area contributed by atoms with E-state index in [1.54, 1.807) is 18.6 Å². The summed E-state index contributed by atoms with van der Waals surface area (Å²) >= 11 is 5.89. The van der Waals surface area contributed by atoms with Crippen LogP contribution in [0.4, 0.5) is 5.82 Å². The van der Waals surface area contributed by atoms with Gasteiger partial charge in [-0.25, -0.2) is 9.97 Å². The number of imidazole rings is 1. The van der Waals surface area contributed by atoms with E-state index in [4.69, 9.17) is 17.3 Å². The number of halogens is 1. The zero-order valence-electron chi connectivity index (χ0n) is 9.62. The van der Waals surface area contributed by atoms with Gasteiger partial charge in [0.25, 0.3) is 0 Å². The molecule has 0 radical (unpaired) electrons. The fourth-order valence-corrected chi connectivity index (χ4v) is 2.19. The third kappa shape index (κ3) is 1.95. The Morgan fingerprint density at radius 3 is 2.94 bits per heavy atom. The monoisotopic (exact) mass is 264 g/mol. The molecule has 2 heterocycles. The smallest absolute Gasteiger partial charge is 0.129 e. The first kappa shape index (κ1) is 11.5. The first-order valence-electron chi connectivity index (χ1n) is 5.77. The van der Waals surface area contributed by atoms with Gasteiger partial charge in [0.15, 0.2) is 0 Å². The number of pyridine rings is 1. The minimum absolute atomic E-state index is 0.287. The van der Waals surface area contributed by atoms with Crippen LogP contribution in [0.2, 0.25) is 5.02 Å². The molecule has 0 aliphatic heterocycles. The molecule has 2 aromatic heterocycles. The van der Waals surface area contributed by atoms with E-state index in [0.29, 0.717) is 16.6 Å². The van der Waals surface area contributed by atoms with Gasteiger partial charge < -0.3 is 15.4 Å². The number of hydrogen-bond donors (Lipinski definition) is 2. The van der Waals surface area contributed by atoms with Gasteiger partial charge in [0, 0.05) is 17.8 Å². The number of nitrogens with zero attached hydrogens (tertiary/aromatic N) is 3. The Morgan fingerprint density at radius 2 is 2.22 bits per heavy atom. The van der Waals surface area contributed by atoms with Gasteiger partial charge in [0.05, 0.1) is 23.2 Å².